The molecule has 1 aromatic heterocycles. The molecule has 2 rings (SSSR count). The van der Waals surface area contributed by atoms with Crippen LogP contribution >= 0.6 is 11.6 Å². The first kappa shape index (κ1) is 15.3. The number of rotatable bonds is 6. The number of nitrogens with one attached hydrogen (secondary N) is 1. The maximum Gasteiger partial charge on any atom is 0.321 e. The summed E-state index contributed by atoms with van der Waals surface area (Å²) in [6, 6.07) is 5.54. The molecule has 0 aliphatic carbocycles. The Morgan fingerprint density at radius 2 is 2.00 bits per heavy atom. The second-order valence-electron chi connectivity index (χ2n) is 4.07. The normalized spacial score (nSPS) is 10.3. The van der Waals surface area contributed by atoms with E-state index in [0.29, 0.717) is 41.3 Å². The number of halogens is 1. The highest BCUT2D eigenvalue weighted by molar-refractivity contribution is 6.30. The molecule has 21 heavy (non-hydrogen) atoms. The van der Waals surface area contributed by atoms with Gasteiger partial charge in [-0.3, -0.25) is 0 Å². The van der Waals surface area contributed by atoms with Crippen molar-refractivity contribution in [3.05, 3.63) is 23.2 Å². The second-order valence-corrected chi connectivity index (χ2v) is 4.51. The van der Waals surface area contributed by atoms with E-state index in [-0.39, 0.29) is 6.01 Å². The number of aromatic nitrogens is 3. The minimum absolute atomic E-state index is 0.264. The van der Waals surface area contributed by atoms with Gasteiger partial charge >= 0.3 is 6.01 Å². The van der Waals surface area contributed by atoms with Crippen LogP contribution in [0.3, 0.4) is 0 Å². The van der Waals surface area contributed by atoms with E-state index in [9.17, 15) is 0 Å². The van der Waals surface area contributed by atoms with E-state index in [1.165, 1.54) is 0 Å². The Labute approximate surface area is 128 Å². The average Bonchev–Trinajstić information content (AvgIpc) is 2.47. The van der Waals surface area contributed by atoms with E-state index in [0.717, 1.165) is 0 Å². The van der Waals surface area contributed by atoms with Crippen molar-refractivity contribution >= 4 is 17.5 Å². The van der Waals surface area contributed by atoms with Crippen molar-refractivity contribution < 1.29 is 9.47 Å². The van der Waals surface area contributed by atoms with Crippen molar-refractivity contribution in [1.82, 2.24) is 15.0 Å². The minimum Gasteiger partial charge on any atom is -0.496 e. The molecule has 6 nitrogen and oxygen atoms in total. The third kappa shape index (κ3) is 3.72. The van der Waals surface area contributed by atoms with E-state index in [2.05, 4.69) is 20.3 Å². The van der Waals surface area contributed by atoms with Gasteiger partial charge in [0.2, 0.25) is 5.95 Å². The fourth-order valence-corrected chi connectivity index (χ4v) is 1.93. The van der Waals surface area contributed by atoms with Gasteiger partial charge in [0.1, 0.15) is 5.75 Å². The van der Waals surface area contributed by atoms with Crippen LogP contribution in [0, 0.1) is 0 Å². The SMILES string of the molecule is CCNc1nc(OCC)nc(-c2cc(Cl)ccc2OC)n1. The van der Waals surface area contributed by atoms with Gasteiger partial charge < -0.3 is 14.8 Å². The van der Waals surface area contributed by atoms with Gasteiger partial charge in [0.25, 0.3) is 0 Å². The van der Waals surface area contributed by atoms with E-state index < -0.39 is 0 Å². The van der Waals surface area contributed by atoms with Crippen LogP contribution < -0.4 is 14.8 Å². The molecule has 1 heterocycles. The van der Waals surface area contributed by atoms with Crippen molar-refractivity contribution in [3.63, 3.8) is 0 Å². The maximum atomic E-state index is 6.05. The topological polar surface area (TPSA) is 69.2 Å². The van der Waals surface area contributed by atoms with E-state index in [1.807, 2.05) is 13.8 Å². The second kappa shape index (κ2) is 7.08. The Morgan fingerprint density at radius 1 is 1.19 bits per heavy atom. The zero-order chi connectivity index (χ0) is 15.2. The number of methoxy groups -OCH3 is 1. The van der Waals surface area contributed by atoms with Crippen LogP contribution in [-0.4, -0.2) is 35.2 Å². The molecule has 2 aromatic rings. The first-order valence-corrected chi connectivity index (χ1v) is 7.02. The molecule has 0 aliphatic rings. The summed E-state index contributed by atoms with van der Waals surface area (Å²) >= 11 is 6.05. The van der Waals surface area contributed by atoms with Gasteiger partial charge in [-0.25, -0.2) is 0 Å². The molecule has 0 radical (unpaired) electrons. The van der Waals surface area contributed by atoms with Gasteiger partial charge in [-0.1, -0.05) is 11.6 Å². The summed E-state index contributed by atoms with van der Waals surface area (Å²) < 4.78 is 10.7. The molecule has 112 valence electrons. The molecule has 0 spiro atoms. The lowest BCUT2D eigenvalue weighted by Gasteiger charge is -2.10. The molecule has 0 saturated carbocycles. The van der Waals surface area contributed by atoms with Crippen molar-refractivity contribution in [3.8, 4) is 23.1 Å². The van der Waals surface area contributed by atoms with Crippen molar-refractivity contribution in [2.45, 2.75) is 13.8 Å². The number of nitrogens with zero attached hydrogens (tertiary/aromatic N) is 3. The molecular formula is C14H17ClN4O2. The number of anilines is 1. The van der Waals surface area contributed by atoms with Crippen LogP contribution in [0.2, 0.25) is 5.02 Å². The quantitative estimate of drug-likeness (QED) is 0.884. The van der Waals surface area contributed by atoms with Crippen LogP contribution in [0.25, 0.3) is 11.4 Å². The van der Waals surface area contributed by atoms with Crippen molar-refractivity contribution in [2.75, 3.05) is 25.6 Å². The summed E-state index contributed by atoms with van der Waals surface area (Å²) in [6.07, 6.45) is 0. The van der Waals surface area contributed by atoms with Gasteiger partial charge in [-0.2, -0.15) is 15.0 Å². The van der Waals surface area contributed by atoms with Gasteiger partial charge in [0.05, 0.1) is 19.3 Å². The molecule has 0 aliphatic heterocycles. The molecule has 1 aromatic carbocycles. The molecule has 0 atom stereocenters. The van der Waals surface area contributed by atoms with Crippen molar-refractivity contribution in [1.29, 1.82) is 0 Å². The first-order chi connectivity index (χ1) is 10.2. The van der Waals surface area contributed by atoms with Crippen molar-refractivity contribution in [2.24, 2.45) is 0 Å². The molecular weight excluding hydrogens is 292 g/mol. The Bertz CT molecular complexity index is 598. The largest absolute Gasteiger partial charge is 0.496 e. The smallest absolute Gasteiger partial charge is 0.321 e. The van der Waals surface area contributed by atoms with Crippen LogP contribution in [0.4, 0.5) is 5.95 Å². The predicted octanol–water partition coefficient (Wildman–Crippen LogP) is 3.03. The lowest BCUT2D eigenvalue weighted by atomic mass is 10.2. The monoisotopic (exact) mass is 308 g/mol. The number of hydrogen-bond donors (Lipinski definition) is 1. The Morgan fingerprint density at radius 3 is 2.67 bits per heavy atom. The Kier molecular flexibility index (Phi) is 5.16. The molecule has 0 bridgehead atoms. The summed E-state index contributed by atoms with van der Waals surface area (Å²) in [4.78, 5) is 12.9. The number of hydrogen-bond acceptors (Lipinski definition) is 6. The van der Waals surface area contributed by atoms with Crippen LogP contribution in [0.1, 0.15) is 13.8 Å². The lowest BCUT2D eigenvalue weighted by molar-refractivity contribution is 0.312. The average molecular weight is 309 g/mol. The fourth-order valence-electron chi connectivity index (χ4n) is 1.76. The first-order valence-electron chi connectivity index (χ1n) is 6.64. The predicted molar refractivity (Wildman–Crippen MR) is 82.2 cm³/mol. The third-order valence-corrected chi connectivity index (χ3v) is 2.86. The maximum absolute atomic E-state index is 6.05. The molecule has 0 fully saturated rings. The molecule has 7 heteroatoms. The summed E-state index contributed by atoms with van der Waals surface area (Å²) in [7, 11) is 1.59. The molecule has 0 unspecified atom stereocenters. The lowest BCUT2D eigenvalue weighted by Crippen LogP contribution is -2.08. The van der Waals surface area contributed by atoms with Gasteiger partial charge in [-0.05, 0) is 32.0 Å². The highest BCUT2D eigenvalue weighted by atomic mass is 35.5. The number of benzene rings is 1. The highest BCUT2D eigenvalue weighted by Gasteiger charge is 2.14. The van der Waals surface area contributed by atoms with Crippen LogP contribution in [-0.2, 0) is 0 Å². The summed E-state index contributed by atoms with van der Waals surface area (Å²) in [5.74, 6) is 1.53. The summed E-state index contributed by atoms with van der Waals surface area (Å²) in [5, 5.41) is 3.63. The third-order valence-electron chi connectivity index (χ3n) is 2.63. The Balaban J connectivity index is 2.53. The zero-order valence-corrected chi connectivity index (χ0v) is 12.9. The highest BCUT2D eigenvalue weighted by Crippen LogP contribution is 2.31. The van der Waals surface area contributed by atoms with Crippen LogP contribution in [0.5, 0.6) is 11.8 Å². The molecule has 0 saturated heterocycles. The van der Waals surface area contributed by atoms with Gasteiger partial charge in [0.15, 0.2) is 5.82 Å². The molecule has 0 amide bonds. The Hall–Kier alpha value is -2.08. The van der Waals surface area contributed by atoms with Gasteiger partial charge in [0, 0.05) is 11.6 Å². The van der Waals surface area contributed by atoms with Gasteiger partial charge in [-0.15, -0.1) is 0 Å². The standard InChI is InChI=1S/C14H17ClN4O2/c1-4-16-13-17-12(18-14(19-13)21-5-2)10-8-9(15)6-7-11(10)20-3/h6-8H,4-5H2,1-3H3,(H,16,17,18,19). The fraction of sp³-hybridized carbons (Fsp3) is 0.357. The summed E-state index contributed by atoms with van der Waals surface area (Å²) in [5.41, 5.74) is 0.688. The van der Waals surface area contributed by atoms with E-state index >= 15 is 0 Å². The van der Waals surface area contributed by atoms with E-state index in [4.69, 9.17) is 21.1 Å². The molecule has 1 N–H and O–H groups in total. The van der Waals surface area contributed by atoms with Crippen LogP contribution in [0.15, 0.2) is 18.2 Å². The summed E-state index contributed by atoms with van der Waals surface area (Å²) in [6.45, 7) is 5.00. The van der Waals surface area contributed by atoms with E-state index in [1.54, 1.807) is 25.3 Å². The minimum atomic E-state index is 0.264. The number of ether oxygens (including phenoxy) is 2. The zero-order valence-electron chi connectivity index (χ0n) is 12.2.